The molecule has 160 valence electrons. The van der Waals surface area contributed by atoms with Crippen LogP contribution in [0.5, 0.6) is 0 Å². The summed E-state index contributed by atoms with van der Waals surface area (Å²) >= 11 is 0. The molecule has 1 N–H and O–H groups in total. The minimum Gasteiger partial charge on any atom is -0.476 e. The number of aromatic nitrogens is 3. The molecule has 0 spiro atoms. The van der Waals surface area contributed by atoms with Gasteiger partial charge in [0, 0.05) is 36.5 Å². The van der Waals surface area contributed by atoms with E-state index in [9.17, 15) is 14.7 Å². The average Bonchev–Trinajstić information content (AvgIpc) is 3.17. The Morgan fingerprint density at radius 3 is 2.34 bits per heavy atom. The number of hydrogen-bond donors (Lipinski definition) is 1. The van der Waals surface area contributed by atoms with Gasteiger partial charge < -0.3 is 5.11 Å². The highest BCUT2D eigenvalue weighted by Gasteiger charge is 2.22. The molecule has 0 amide bonds. The number of hydrogen-bond acceptors (Lipinski definition) is 4. The third kappa shape index (κ3) is 4.64. The smallest absolute Gasteiger partial charge is 0.357 e. The molecule has 4 rings (SSSR count). The van der Waals surface area contributed by atoms with Gasteiger partial charge in [0.25, 0.3) is 0 Å². The molecule has 0 bridgehead atoms. The van der Waals surface area contributed by atoms with Gasteiger partial charge in [-0.3, -0.25) is 9.78 Å². The van der Waals surface area contributed by atoms with Gasteiger partial charge in [0.15, 0.2) is 5.69 Å². The van der Waals surface area contributed by atoms with Gasteiger partial charge in [-0.15, -0.1) is 0 Å². The highest BCUT2D eigenvalue weighted by Crippen LogP contribution is 2.29. The maximum atomic E-state index is 12.4. The highest BCUT2D eigenvalue weighted by atomic mass is 16.4. The van der Waals surface area contributed by atoms with E-state index in [0.29, 0.717) is 24.8 Å². The predicted octanol–water partition coefficient (Wildman–Crippen LogP) is 4.69. The van der Waals surface area contributed by atoms with Crippen molar-refractivity contribution >= 4 is 11.8 Å². The number of aromatic carboxylic acids is 1. The molecule has 0 aliphatic heterocycles. The molecule has 2 aromatic heterocycles. The predicted molar refractivity (Wildman–Crippen MR) is 122 cm³/mol. The largest absolute Gasteiger partial charge is 0.476 e. The van der Waals surface area contributed by atoms with Crippen LogP contribution in [0.4, 0.5) is 0 Å². The summed E-state index contributed by atoms with van der Waals surface area (Å²) in [5.41, 5.74) is 4.89. The first-order chi connectivity index (χ1) is 15.5. The molecule has 6 heteroatoms. The standard InChI is InChI=1S/C26H23N3O3/c1-18-24(21-7-3-2-4-8-21)25(26(31)32)28-29(18)22-12-9-19(10-13-22)16-23(30)14-11-20-6-5-15-27-17-20/h2-10,12-13,15,17H,11,14,16H2,1H3,(H,31,32). The topological polar surface area (TPSA) is 85.1 Å². The molecule has 2 heterocycles. The van der Waals surface area contributed by atoms with Crippen LogP contribution in [0.25, 0.3) is 16.8 Å². The van der Waals surface area contributed by atoms with E-state index in [0.717, 1.165) is 28.1 Å². The molecule has 4 aromatic rings. The number of carbonyl (C=O) groups is 2. The molecule has 0 saturated carbocycles. The second kappa shape index (κ2) is 9.39. The Kier molecular flexibility index (Phi) is 6.22. The van der Waals surface area contributed by atoms with Crippen molar-refractivity contribution < 1.29 is 14.7 Å². The van der Waals surface area contributed by atoms with Crippen LogP contribution in [-0.2, 0) is 17.6 Å². The minimum atomic E-state index is -1.07. The van der Waals surface area contributed by atoms with E-state index in [4.69, 9.17) is 0 Å². The van der Waals surface area contributed by atoms with Gasteiger partial charge in [0.1, 0.15) is 5.78 Å². The molecule has 32 heavy (non-hydrogen) atoms. The Morgan fingerprint density at radius 2 is 1.69 bits per heavy atom. The summed E-state index contributed by atoms with van der Waals surface area (Å²) in [4.78, 5) is 28.3. The Balaban J connectivity index is 1.52. The third-order valence-corrected chi connectivity index (χ3v) is 5.38. The summed E-state index contributed by atoms with van der Waals surface area (Å²) in [6, 6.07) is 20.7. The lowest BCUT2D eigenvalue weighted by molar-refractivity contribution is -0.118. The number of carbonyl (C=O) groups excluding carboxylic acids is 1. The van der Waals surface area contributed by atoms with Crippen molar-refractivity contribution in [3.63, 3.8) is 0 Å². The lowest BCUT2D eigenvalue weighted by Gasteiger charge is -2.07. The first-order valence-corrected chi connectivity index (χ1v) is 10.4. The van der Waals surface area contributed by atoms with Crippen molar-refractivity contribution in [3.8, 4) is 16.8 Å². The fraction of sp³-hybridized carbons (Fsp3) is 0.154. The first kappa shape index (κ1) is 21.2. The molecule has 0 unspecified atom stereocenters. The van der Waals surface area contributed by atoms with E-state index in [1.807, 2.05) is 73.7 Å². The third-order valence-electron chi connectivity index (χ3n) is 5.38. The number of pyridine rings is 1. The Hall–Kier alpha value is -4.06. The summed E-state index contributed by atoms with van der Waals surface area (Å²) < 4.78 is 1.64. The number of aryl methyl sites for hydroxylation is 1. The van der Waals surface area contributed by atoms with Crippen molar-refractivity contribution in [1.29, 1.82) is 0 Å². The van der Waals surface area contributed by atoms with Gasteiger partial charge in [0.05, 0.1) is 5.69 Å². The van der Waals surface area contributed by atoms with Gasteiger partial charge in [-0.25, -0.2) is 9.48 Å². The molecule has 0 radical (unpaired) electrons. The lowest BCUT2D eigenvalue weighted by Crippen LogP contribution is -2.05. The minimum absolute atomic E-state index is 0.0170. The molecule has 0 aliphatic carbocycles. The van der Waals surface area contributed by atoms with Gasteiger partial charge in [-0.05, 0) is 48.2 Å². The van der Waals surface area contributed by atoms with Crippen molar-refractivity contribution in [3.05, 3.63) is 102 Å². The number of carboxylic acids is 1. The van der Waals surface area contributed by atoms with E-state index in [1.54, 1.807) is 17.1 Å². The van der Waals surface area contributed by atoms with Crippen LogP contribution in [0.1, 0.15) is 33.7 Å². The van der Waals surface area contributed by atoms with E-state index < -0.39 is 5.97 Å². The normalized spacial score (nSPS) is 10.8. The van der Waals surface area contributed by atoms with E-state index in [2.05, 4.69) is 10.1 Å². The zero-order valence-corrected chi connectivity index (χ0v) is 17.7. The maximum absolute atomic E-state index is 12.4. The average molecular weight is 425 g/mol. The lowest BCUT2D eigenvalue weighted by atomic mass is 10.0. The zero-order chi connectivity index (χ0) is 22.5. The fourth-order valence-corrected chi connectivity index (χ4v) is 3.75. The molecule has 6 nitrogen and oxygen atoms in total. The van der Waals surface area contributed by atoms with Crippen molar-refractivity contribution in [2.24, 2.45) is 0 Å². The molecule has 0 saturated heterocycles. The number of nitrogens with zero attached hydrogens (tertiary/aromatic N) is 3. The van der Waals surface area contributed by atoms with Crippen LogP contribution >= 0.6 is 0 Å². The van der Waals surface area contributed by atoms with Crippen LogP contribution in [0.3, 0.4) is 0 Å². The Morgan fingerprint density at radius 1 is 0.938 bits per heavy atom. The monoisotopic (exact) mass is 425 g/mol. The number of benzene rings is 2. The molecule has 0 atom stereocenters. The quantitative estimate of drug-likeness (QED) is 0.443. The summed E-state index contributed by atoms with van der Waals surface area (Å²) in [7, 11) is 0. The van der Waals surface area contributed by atoms with Gasteiger partial charge in [-0.1, -0.05) is 48.5 Å². The summed E-state index contributed by atoms with van der Waals surface area (Å²) in [6.07, 6.45) is 5.00. The number of Topliss-reactive ketones (excluding diaryl/α,β-unsaturated/α-hetero) is 1. The number of ketones is 1. The van der Waals surface area contributed by atoms with E-state index >= 15 is 0 Å². The van der Waals surface area contributed by atoms with Crippen LogP contribution in [0, 0.1) is 6.92 Å². The first-order valence-electron chi connectivity index (χ1n) is 10.4. The molecular weight excluding hydrogens is 402 g/mol. The van der Waals surface area contributed by atoms with Gasteiger partial charge >= 0.3 is 5.97 Å². The highest BCUT2D eigenvalue weighted by molar-refractivity contribution is 5.95. The summed E-state index contributed by atoms with van der Waals surface area (Å²) in [5, 5.41) is 14.0. The SMILES string of the molecule is Cc1c(-c2ccccc2)c(C(=O)O)nn1-c1ccc(CC(=O)CCc2cccnc2)cc1. The molecule has 2 aromatic carbocycles. The summed E-state index contributed by atoms with van der Waals surface area (Å²) in [5.74, 6) is -0.905. The van der Waals surface area contributed by atoms with Crippen LogP contribution in [0.2, 0.25) is 0 Å². The van der Waals surface area contributed by atoms with E-state index in [-0.39, 0.29) is 11.5 Å². The van der Waals surface area contributed by atoms with Crippen molar-refractivity contribution in [2.45, 2.75) is 26.2 Å². The van der Waals surface area contributed by atoms with Crippen LogP contribution < -0.4 is 0 Å². The zero-order valence-electron chi connectivity index (χ0n) is 17.7. The molecule has 0 fully saturated rings. The second-order valence-electron chi connectivity index (χ2n) is 7.64. The van der Waals surface area contributed by atoms with Crippen molar-refractivity contribution in [1.82, 2.24) is 14.8 Å². The molecule has 0 aliphatic rings. The number of rotatable bonds is 8. The Bertz CT molecular complexity index is 1230. The van der Waals surface area contributed by atoms with E-state index in [1.165, 1.54) is 0 Å². The Labute approximate surface area is 186 Å². The number of carboxylic acid groups (broad SMARTS) is 1. The summed E-state index contributed by atoms with van der Waals surface area (Å²) in [6.45, 7) is 1.86. The van der Waals surface area contributed by atoms with Gasteiger partial charge in [-0.2, -0.15) is 5.10 Å². The van der Waals surface area contributed by atoms with Crippen LogP contribution in [-0.4, -0.2) is 31.6 Å². The van der Waals surface area contributed by atoms with Gasteiger partial charge in [0.2, 0.25) is 0 Å². The van der Waals surface area contributed by atoms with Crippen LogP contribution in [0.15, 0.2) is 79.1 Å². The molecular formula is C26H23N3O3. The van der Waals surface area contributed by atoms with Crippen molar-refractivity contribution in [2.75, 3.05) is 0 Å². The second-order valence-corrected chi connectivity index (χ2v) is 7.64. The maximum Gasteiger partial charge on any atom is 0.357 e. The fourth-order valence-electron chi connectivity index (χ4n) is 3.75.